The minimum atomic E-state index is -3.00. The van der Waals surface area contributed by atoms with Crippen LogP contribution in [0, 0.1) is 13.8 Å². The van der Waals surface area contributed by atoms with Gasteiger partial charge in [-0.15, -0.1) is 10.2 Å². The van der Waals surface area contributed by atoms with Crippen LogP contribution >= 0.6 is 11.8 Å². The lowest BCUT2D eigenvalue weighted by Crippen LogP contribution is -2.36. The molecule has 1 saturated heterocycles. The highest BCUT2D eigenvalue weighted by atomic mass is 32.2. The average Bonchev–Trinajstić information content (AvgIpc) is 3.08. The largest absolute Gasteiger partial charge is 0.352 e. The average molecular weight is 380 g/mol. The molecule has 1 atom stereocenters. The first kappa shape index (κ1) is 17.9. The summed E-state index contributed by atoms with van der Waals surface area (Å²) in [5, 5.41) is 11.7. The predicted molar refractivity (Wildman–Crippen MR) is 96.8 cm³/mol. The molecule has 25 heavy (non-hydrogen) atoms. The smallest absolute Gasteiger partial charge is 0.230 e. The molecular formula is C16H20N4O3S2. The summed E-state index contributed by atoms with van der Waals surface area (Å²) in [5.41, 5.74) is 2.07. The van der Waals surface area contributed by atoms with Gasteiger partial charge in [-0.1, -0.05) is 30.0 Å². The zero-order valence-corrected chi connectivity index (χ0v) is 15.7. The Morgan fingerprint density at radius 3 is 2.76 bits per heavy atom. The van der Waals surface area contributed by atoms with Gasteiger partial charge in [0.2, 0.25) is 5.91 Å². The quantitative estimate of drug-likeness (QED) is 0.786. The Kier molecular flexibility index (Phi) is 5.14. The van der Waals surface area contributed by atoms with Crippen LogP contribution in [0.1, 0.15) is 17.8 Å². The first-order valence-corrected chi connectivity index (χ1v) is 10.8. The number of rotatable bonds is 5. The molecule has 0 spiro atoms. The van der Waals surface area contributed by atoms with E-state index in [1.54, 1.807) is 0 Å². The van der Waals surface area contributed by atoms with E-state index in [0.29, 0.717) is 11.6 Å². The van der Waals surface area contributed by atoms with E-state index in [9.17, 15) is 13.2 Å². The van der Waals surface area contributed by atoms with E-state index in [1.165, 1.54) is 11.8 Å². The van der Waals surface area contributed by atoms with Crippen LogP contribution in [0.3, 0.4) is 0 Å². The molecule has 134 valence electrons. The zero-order chi connectivity index (χ0) is 18.0. The first-order chi connectivity index (χ1) is 11.9. The molecule has 0 bridgehead atoms. The highest BCUT2D eigenvalue weighted by molar-refractivity contribution is 7.99. The molecule has 1 amide bonds. The van der Waals surface area contributed by atoms with Gasteiger partial charge in [-0.25, -0.2) is 8.42 Å². The van der Waals surface area contributed by atoms with E-state index in [1.807, 2.05) is 42.7 Å². The lowest BCUT2D eigenvalue weighted by atomic mass is 10.2. The molecule has 1 aromatic carbocycles. The summed E-state index contributed by atoms with van der Waals surface area (Å²) in [6.45, 7) is 3.88. The molecule has 0 radical (unpaired) electrons. The number of sulfone groups is 1. The summed E-state index contributed by atoms with van der Waals surface area (Å²) in [6.07, 6.45) is 0.483. The lowest BCUT2D eigenvalue weighted by molar-refractivity contribution is -0.119. The molecule has 2 heterocycles. The van der Waals surface area contributed by atoms with Crippen molar-refractivity contribution in [1.82, 2.24) is 20.1 Å². The molecule has 9 heteroatoms. The summed E-state index contributed by atoms with van der Waals surface area (Å²) < 4.78 is 24.8. The molecule has 0 unspecified atom stereocenters. The summed E-state index contributed by atoms with van der Waals surface area (Å²) in [5.74, 6) is 0.900. The third-order valence-electron chi connectivity index (χ3n) is 4.08. The van der Waals surface area contributed by atoms with E-state index in [2.05, 4.69) is 15.5 Å². The van der Waals surface area contributed by atoms with Crippen molar-refractivity contribution >= 4 is 27.5 Å². The van der Waals surface area contributed by atoms with Gasteiger partial charge in [0, 0.05) is 6.04 Å². The Labute approximate surface area is 151 Å². The van der Waals surface area contributed by atoms with Crippen LogP contribution in [0.5, 0.6) is 0 Å². The maximum atomic E-state index is 12.1. The van der Waals surface area contributed by atoms with Gasteiger partial charge in [0.25, 0.3) is 0 Å². The van der Waals surface area contributed by atoms with Gasteiger partial charge in [0.15, 0.2) is 15.0 Å². The van der Waals surface area contributed by atoms with Crippen molar-refractivity contribution in [2.24, 2.45) is 0 Å². The van der Waals surface area contributed by atoms with Crippen molar-refractivity contribution in [1.29, 1.82) is 0 Å². The van der Waals surface area contributed by atoms with E-state index in [-0.39, 0.29) is 29.2 Å². The molecular weight excluding hydrogens is 360 g/mol. The Balaban J connectivity index is 1.66. The number of aryl methyl sites for hydroxylation is 2. The number of carbonyl (C=O) groups excluding carboxylic acids is 1. The highest BCUT2D eigenvalue weighted by Gasteiger charge is 2.29. The van der Waals surface area contributed by atoms with Crippen molar-refractivity contribution in [2.45, 2.75) is 31.5 Å². The third-order valence-corrected chi connectivity index (χ3v) is 6.78. The van der Waals surface area contributed by atoms with Crippen LogP contribution in [0.25, 0.3) is 5.69 Å². The van der Waals surface area contributed by atoms with Crippen molar-refractivity contribution in [3.05, 3.63) is 35.7 Å². The Hall–Kier alpha value is -1.87. The number of benzene rings is 1. The van der Waals surface area contributed by atoms with Crippen LogP contribution in [-0.2, 0) is 14.6 Å². The second kappa shape index (κ2) is 7.17. The molecule has 1 aromatic heterocycles. The first-order valence-electron chi connectivity index (χ1n) is 7.96. The SMILES string of the molecule is Cc1ccccc1-n1c(C)nnc1SCC(=O)N[C@@H]1CCS(=O)(=O)C1. The zero-order valence-electron chi connectivity index (χ0n) is 14.1. The standard InChI is InChI=1S/C16H20N4O3S2/c1-11-5-3-4-6-14(11)20-12(2)18-19-16(20)24-9-15(21)17-13-7-8-25(22,23)10-13/h3-6,13H,7-10H2,1-2H3,(H,17,21)/t13-/m1/s1. The summed E-state index contributed by atoms with van der Waals surface area (Å²) in [7, 11) is -3.00. The Morgan fingerprint density at radius 1 is 1.32 bits per heavy atom. The van der Waals surface area contributed by atoms with Gasteiger partial charge >= 0.3 is 0 Å². The van der Waals surface area contributed by atoms with Crippen molar-refractivity contribution in [3.63, 3.8) is 0 Å². The minimum absolute atomic E-state index is 0.0297. The van der Waals surface area contributed by atoms with Crippen LogP contribution in [0.15, 0.2) is 29.4 Å². The fourth-order valence-corrected chi connectivity index (χ4v) is 5.31. The fraction of sp³-hybridized carbons (Fsp3) is 0.438. The summed E-state index contributed by atoms with van der Waals surface area (Å²) >= 11 is 1.29. The summed E-state index contributed by atoms with van der Waals surface area (Å²) in [4.78, 5) is 12.1. The number of aromatic nitrogens is 3. The molecule has 7 nitrogen and oxygen atoms in total. The molecule has 1 N–H and O–H groups in total. The van der Waals surface area contributed by atoms with Crippen molar-refractivity contribution < 1.29 is 13.2 Å². The number of hydrogen-bond donors (Lipinski definition) is 1. The van der Waals surface area contributed by atoms with Crippen molar-refractivity contribution in [2.75, 3.05) is 17.3 Å². The van der Waals surface area contributed by atoms with Crippen LogP contribution in [0.4, 0.5) is 0 Å². The predicted octanol–water partition coefficient (Wildman–Crippen LogP) is 1.28. The Bertz CT molecular complexity index is 893. The number of nitrogens with one attached hydrogen (secondary N) is 1. The van der Waals surface area contributed by atoms with E-state index in [0.717, 1.165) is 17.1 Å². The van der Waals surface area contributed by atoms with Gasteiger partial charge in [0.05, 0.1) is 22.9 Å². The van der Waals surface area contributed by atoms with E-state index >= 15 is 0 Å². The molecule has 2 aromatic rings. The molecule has 0 saturated carbocycles. The van der Waals surface area contributed by atoms with Gasteiger partial charge in [-0.05, 0) is 31.9 Å². The number of nitrogens with zero attached hydrogens (tertiary/aromatic N) is 3. The van der Waals surface area contributed by atoms with E-state index < -0.39 is 9.84 Å². The second-order valence-electron chi connectivity index (χ2n) is 6.11. The number of para-hydroxylation sites is 1. The number of carbonyl (C=O) groups is 1. The highest BCUT2D eigenvalue weighted by Crippen LogP contribution is 2.23. The Morgan fingerprint density at radius 2 is 2.08 bits per heavy atom. The molecule has 1 fully saturated rings. The molecule has 0 aliphatic carbocycles. The number of hydrogen-bond acceptors (Lipinski definition) is 6. The van der Waals surface area contributed by atoms with Gasteiger partial charge in [-0.3, -0.25) is 9.36 Å². The molecule has 1 aliphatic rings. The maximum absolute atomic E-state index is 12.1. The number of thioether (sulfide) groups is 1. The fourth-order valence-electron chi connectivity index (χ4n) is 2.84. The summed E-state index contributed by atoms with van der Waals surface area (Å²) in [6, 6.07) is 7.63. The monoisotopic (exact) mass is 380 g/mol. The van der Waals surface area contributed by atoms with Crippen LogP contribution in [0.2, 0.25) is 0 Å². The van der Waals surface area contributed by atoms with Crippen LogP contribution < -0.4 is 5.32 Å². The third kappa shape index (κ3) is 4.21. The minimum Gasteiger partial charge on any atom is -0.352 e. The van der Waals surface area contributed by atoms with Gasteiger partial charge in [0.1, 0.15) is 5.82 Å². The van der Waals surface area contributed by atoms with E-state index in [4.69, 9.17) is 0 Å². The topological polar surface area (TPSA) is 93.9 Å². The normalized spacial score (nSPS) is 19.0. The molecule has 1 aliphatic heterocycles. The van der Waals surface area contributed by atoms with Gasteiger partial charge in [-0.2, -0.15) is 0 Å². The molecule has 3 rings (SSSR count). The van der Waals surface area contributed by atoms with Crippen LogP contribution in [-0.4, -0.2) is 52.4 Å². The number of amides is 1. The van der Waals surface area contributed by atoms with Gasteiger partial charge < -0.3 is 5.32 Å². The van der Waals surface area contributed by atoms with Crippen molar-refractivity contribution in [3.8, 4) is 5.69 Å². The maximum Gasteiger partial charge on any atom is 0.230 e. The lowest BCUT2D eigenvalue weighted by Gasteiger charge is -2.12. The second-order valence-corrected chi connectivity index (χ2v) is 9.28.